The fourth-order valence-electron chi connectivity index (χ4n) is 2.41. The quantitative estimate of drug-likeness (QED) is 0.735. The first-order valence-electron chi connectivity index (χ1n) is 7.81. The Bertz CT molecular complexity index is 905. The first-order chi connectivity index (χ1) is 12.1. The van der Waals surface area contributed by atoms with Crippen molar-refractivity contribution in [3.63, 3.8) is 0 Å². The number of benzene rings is 2. The van der Waals surface area contributed by atoms with E-state index in [2.05, 4.69) is 15.6 Å². The van der Waals surface area contributed by atoms with E-state index < -0.39 is 0 Å². The van der Waals surface area contributed by atoms with E-state index in [1.165, 1.54) is 0 Å². The van der Waals surface area contributed by atoms with Gasteiger partial charge in [0.1, 0.15) is 0 Å². The molecule has 1 heterocycles. The summed E-state index contributed by atoms with van der Waals surface area (Å²) in [4.78, 5) is 28.4. The molecule has 0 saturated heterocycles. The van der Waals surface area contributed by atoms with E-state index in [0.717, 1.165) is 10.9 Å². The molecule has 0 aliphatic carbocycles. The number of pyridine rings is 1. The SMILES string of the molecule is O=C(CCNC(=O)c1ccc(Cl)cc1)Nc1cccc2cccnc12. The van der Waals surface area contributed by atoms with Gasteiger partial charge in [-0.15, -0.1) is 0 Å². The molecule has 2 amide bonds. The van der Waals surface area contributed by atoms with Crippen molar-refractivity contribution in [3.05, 3.63) is 71.4 Å². The van der Waals surface area contributed by atoms with Gasteiger partial charge in [0, 0.05) is 35.1 Å². The smallest absolute Gasteiger partial charge is 0.251 e. The summed E-state index contributed by atoms with van der Waals surface area (Å²) in [6.07, 6.45) is 1.85. The highest BCUT2D eigenvalue weighted by molar-refractivity contribution is 6.30. The second kappa shape index (κ2) is 7.77. The van der Waals surface area contributed by atoms with Gasteiger partial charge in [0.25, 0.3) is 5.91 Å². The zero-order valence-electron chi connectivity index (χ0n) is 13.3. The summed E-state index contributed by atoms with van der Waals surface area (Å²) >= 11 is 5.79. The van der Waals surface area contributed by atoms with E-state index in [1.54, 1.807) is 36.5 Å². The molecule has 5 nitrogen and oxygen atoms in total. The average Bonchev–Trinajstić information content (AvgIpc) is 2.62. The van der Waals surface area contributed by atoms with Crippen molar-refractivity contribution >= 4 is 40.0 Å². The number of para-hydroxylation sites is 1. The molecule has 3 aromatic rings. The standard InChI is InChI=1S/C19H16ClN3O2/c20-15-8-6-14(7-9-15)19(25)22-12-10-17(24)23-16-5-1-3-13-4-2-11-21-18(13)16/h1-9,11H,10,12H2,(H,22,25)(H,23,24). The van der Waals surface area contributed by atoms with E-state index in [1.807, 2.05) is 24.3 Å². The van der Waals surface area contributed by atoms with E-state index in [4.69, 9.17) is 11.6 Å². The Kier molecular flexibility index (Phi) is 5.26. The molecule has 1 aromatic heterocycles. The summed E-state index contributed by atoms with van der Waals surface area (Å²) in [5.74, 6) is -0.425. The number of fused-ring (bicyclic) bond motifs is 1. The van der Waals surface area contributed by atoms with Crippen molar-refractivity contribution in [3.8, 4) is 0 Å². The Labute approximate surface area is 150 Å². The normalized spacial score (nSPS) is 10.4. The monoisotopic (exact) mass is 353 g/mol. The minimum atomic E-state index is -0.240. The molecule has 25 heavy (non-hydrogen) atoms. The maximum Gasteiger partial charge on any atom is 0.251 e. The van der Waals surface area contributed by atoms with Crippen LogP contribution in [0.15, 0.2) is 60.8 Å². The highest BCUT2D eigenvalue weighted by Gasteiger charge is 2.08. The van der Waals surface area contributed by atoms with Crippen LogP contribution < -0.4 is 10.6 Å². The van der Waals surface area contributed by atoms with Crippen molar-refractivity contribution in [1.82, 2.24) is 10.3 Å². The predicted octanol–water partition coefficient (Wildman–Crippen LogP) is 3.65. The summed E-state index contributed by atoms with van der Waals surface area (Å²) in [6.45, 7) is 0.242. The Balaban J connectivity index is 1.54. The number of halogens is 1. The van der Waals surface area contributed by atoms with Gasteiger partial charge < -0.3 is 10.6 Å². The molecule has 0 fully saturated rings. The van der Waals surface area contributed by atoms with Crippen molar-refractivity contribution in [1.29, 1.82) is 0 Å². The lowest BCUT2D eigenvalue weighted by molar-refractivity contribution is -0.116. The summed E-state index contributed by atoms with van der Waals surface area (Å²) in [6, 6.07) is 16.0. The van der Waals surface area contributed by atoms with Crippen LogP contribution in [0.4, 0.5) is 5.69 Å². The van der Waals surface area contributed by atoms with Crippen molar-refractivity contribution in [2.24, 2.45) is 0 Å². The van der Waals surface area contributed by atoms with Crippen LogP contribution in [0.1, 0.15) is 16.8 Å². The van der Waals surface area contributed by atoms with Crippen LogP contribution in [-0.2, 0) is 4.79 Å². The van der Waals surface area contributed by atoms with Gasteiger partial charge in [-0.3, -0.25) is 14.6 Å². The minimum absolute atomic E-state index is 0.169. The van der Waals surface area contributed by atoms with E-state index >= 15 is 0 Å². The number of aromatic nitrogens is 1. The number of carbonyl (C=O) groups is 2. The van der Waals surface area contributed by atoms with Gasteiger partial charge in [-0.2, -0.15) is 0 Å². The number of amides is 2. The molecule has 0 radical (unpaired) electrons. The number of hydrogen-bond donors (Lipinski definition) is 2. The zero-order valence-corrected chi connectivity index (χ0v) is 14.1. The van der Waals surface area contributed by atoms with Crippen molar-refractivity contribution in [2.45, 2.75) is 6.42 Å². The number of hydrogen-bond acceptors (Lipinski definition) is 3. The van der Waals surface area contributed by atoms with E-state index in [9.17, 15) is 9.59 Å². The molecule has 0 spiro atoms. The fourth-order valence-corrected chi connectivity index (χ4v) is 2.54. The molecule has 0 saturated carbocycles. The summed E-state index contributed by atoms with van der Waals surface area (Å²) in [5, 5.41) is 7.07. The van der Waals surface area contributed by atoms with Crippen LogP contribution in [-0.4, -0.2) is 23.3 Å². The highest BCUT2D eigenvalue weighted by Crippen LogP contribution is 2.20. The molecule has 0 unspecified atom stereocenters. The van der Waals surface area contributed by atoms with Gasteiger partial charge >= 0.3 is 0 Å². The maximum absolute atomic E-state index is 12.1. The first-order valence-corrected chi connectivity index (χ1v) is 8.18. The van der Waals surface area contributed by atoms with Crippen LogP contribution in [0.25, 0.3) is 10.9 Å². The summed E-state index contributed by atoms with van der Waals surface area (Å²) in [5.41, 5.74) is 1.90. The van der Waals surface area contributed by atoms with Crippen LogP contribution in [0.5, 0.6) is 0 Å². The predicted molar refractivity (Wildman–Crippen MR) is 98.8 cm³/mol. The lowest BCUT2D eigenvalue weighted by Gasteiger charge is -2.09. The molecule has 0 aliphatic heterocycles. The second-order valence-corrected chi connectivity index (χ2v) is 5.88. The van der Waals surface area contributed by atoms with Crippen molar-refractivity contribution < 1.29 is 9.59 Å². The number of anilines is 1. The van der Waals surface area contributed by atoms with E-state index in [-0.39, 0.29) is 24.8 Å². The van der Waals surface area contributed by atoms with Gasteiger partial charge in [-0.1, -0.05) is 29.8 Å². The van der Waals surface area contributed by atoms with Gasteiger partial charge in [0.15, 0.2) is 0 Å². The molecule has 6 heteroatoms. The van der Waals surface area contributed by atoms with Crippen molar-refractivity contribution in [2.75, 3.05) is 11.9 Å². The first kappa shape index (κ1) is 16.9. The zero-order chi connectivity index (χ0) is 17.6. The van der Waals surface area contributed by atoms with Crippen LogP contribution in [0.2, 0.25) is 5.02 Å². The summed E-state index contributed by atoms with van der Waals surface area (Å²) < 4.78 is 0. The summed E-state index contributed by atoms with van der Waals surface area (Å²) in [7, 11) is 0. The third-order valence-corrected chi connectivity index (χ3v) is 3.90. The third-order valence-electron chi connectivity index (χ3n) is 3.65. The highest BCUT2D eigenvalue weighted by atomic mass is 35.5. The number of rotatable bonds is 5. The fraction of sp³-hybridized carbons (Fsp3) is 0.105. The molecule has 0 aliphatic rings. The van der Waals surface area contributed by atoms with Gasteiger partial charge in [0.2, 0.25) is 5.91 Å². The molecular formula is C19H16ClN3O2. The molecule has 2 N–H and O–H groups in total. The second-order valence-electron chi connectivity index (χ2n) is 5.44. The third kappa shape index (κ3) is 4.33. The Morgan fingerprint density at radius 2 is 1.76 bits per heavy atom. The lowest BCUT2D eigenvalue weighted by Crippen LogP contribution is -2.27. The van der Waals surface area contributed by atoms with Crippen LogP contribution in [0.3, 0.4) is 0 Å². The minimum Gasteiger partial charge on any atom is -0.352 e. The van der Waals surface area contributed by atoms with Gasteiger partial charge in [0.05, 0.1) is 11.2 Å². The lowest BCUT2D eigenvalue weighted by atomic mass is 10.2. The number of nitrogens with one attached hydrogen (secondary N) is 2. The van der Waals surface area contributed by atoms with Crippen LogP contribution >= 0.6 is 11.6 Å². The Morgan fingerprint density at radius 1 is 1.00 bits per heavy atom. The maximum atomic E-state index is 12.1. The molecule has 126 valence electrons. The molecular weight excluding hydrogens is 338 g/mol. The van der Waals surface area contributed by atoms with E-state index in [0.29, 0.717) is 16.3 Å². The number of carbonyl (C=O) groups excluding carboxylic acids is 2. The molecule has 0 atom stereocenters. The largest absolute Gasteiger partial charge is 0.352 e. The molecule has 0 bridgehead atoms. The average molecular weight is 354 g/mol. The topological polar surface area (TPSA) is 71.1 Å². The Hall–Kier alpha value is -2.92. The molecule has 3 rings (SSSR count). The van der Waals surface area contributed by atoms with Crippen LogP contribution in [0, 0.1) is 0 Å². The number of nitrogens with zero attached hydrogens (tertiary/aromatic N) is 1. The Morgan fingerprint density at radius 3 is 2.56 bits per heavy atom. The van der Waals surface area contributed by atoms with Gasteiger partial charge in [-0.05, 0) is 36.4 Å². The molecule has 2 aromatic carbocycles. The van der Waals surface area contributed by atoms with Gasteiger partial charge in [-0.25, -0.2) is 0 Å².